The zero-order chi connectivity index (χ0) is 23.7. The standard InChI is InChI=1S/C18H27N7O6S/c19-14(26)5-12(18(30)31)24-16(28)11(4-9-6-20-8-22-9)23-17(29)13(7-32)25-15(27)10-2-1-3-21-10/h6,8,10-13,21,32H,1-5,7H2,(H2,19,26)(H,20,22)(H,23,29)(H,24,28)(H,25,27)(H,30,31). The molecule has 176 valence electrons. The molecule has 0 aromatic carbocycles. The summed E-state index contributed by atoms with van der Waals surface area (Å²) in [6.07, 6.45) is 3.65. The number of nitrogens with two attached hydrogens (primary N) is 1. The molecule has 14 heteroatoms. The molecule has 13 nitrogen and oxygen atoms in total. The molecule has 1 aromatic heterocycles. The lowest BCUT2D eigenvalue weighted by Crippen LogP contribution is -2.58. The SMILES string of the molecule is NC(=O)CC(NC(=O)C(Cc1cnc[nH]1)NC(=O)C(CS)NC(=O)C1CCCN1)C(=O)O. The first kappa shape index (κ1) is 25.1. The van der Waals surface area contributed by atoms with Crippen LogP contribution in [0.1, 0.15) is 25.0 Å². The Hall–Kier alpha value is -3.13. The number of carboxylic acid groups (broad SMARTS) is 1. The van der Waals surface area contributed by atoms with E-state index in [0.717, 1.165) is 6.42 Å². The Kier molecular flexibility index (Phi) is 9.46. The molecular weight excluding hydrogens is 442 g/mol. The first-order valence-electron chi connectivity index (χ1n) is 9.95. The van der Waals surface area contributed by atoms with Crippen molar-refractivity contribution in [1.82, 2.24) is 31.2 Å². The molecule has 2 rings (SSSR count). The quantitative estimate of drug-likeness (QED) is 0.148. The summed E-state index contributed by atoms with van der Waals surface area (Å²) in [4.78, 5) is 66.9. The Morgan fingerprint density at radius 3 is 2.38 bits per heavy atom. The van der Waals surface area contributed by atoms with Gasteiger partial charge in [0.1, 0.15) is 18.1 Å². The Labute approximate surface area is 189 Å². The Balaban J connectivity index is 2.09. The number of aromatic amines is 1. The largest absolute Gasteiger partial charge is 0.480 e. The summed E-state index contributed by atoms with van der Waals surface area (Å²) in [7, 11) is 0. The average Bonchev–Trinajstić information content (AvgIpc) is 3.44. The molecule has 1 aliphatic rings. The van der Waals surface area contributed by atoms with Crippen LogP contribution in [0.4, 0.5) is 0 Å². The highest BCUT2D eigenvalue weighted by atomic mass is 32.1. The normalized spacial score (nSPS) is 18.2. The van der Waals surface area contributed by atoms with Crippen LogP contribution in [-0.2, 0) is 30.4 Å². The van der Waals surface area contributed by atoms with Gasteiger partial charge in [-0.05, 0) is 19.4 Å². The summed E-state index contributed by atoms with van der Waals surface area (Å²) in [5.74, 6) is -4.25. The van der Waals surface area contributed by atoms with Gasteiger partial charge in [0, 0.05) is 24.1 Å². The van der Waals surface area contributed by atoms with Crippen molar-refractivity contribution in [3.05, 3.63) is 18.2 Å². The second kappa shape index (κ2) is 12.0. The topological polar surface area (TPSA) is 208 Å². The lowest BCUT2D eigenvalue weighted by Gasteiger charge is -2.24. The van der Waals surface area contributed by atoms with Crippen molar-refractivity contribution in [2.45, 2.75) is 49.9 Å². The Morgan fingerprint density at radius 1 is 1.16 bits per heavy atom. The van der Waals surface area contributed by atoms with Gasteiger partial charge < -0.3 is 37.1 Å². The smallest absolute Gasteiger partial charge is 0.326 e. The van der Waals surface area contributed by atoms with Gasteiger partial charge in [-0.25, -0.2) is 9.78 Å². The molecule has 0 radical (unpaired) electrons. The minimum absolute atomic E-state index is 0.0257. The summed E-state index contributed by atoms with van der Waals surface area (Å²) < 4.78 is 0. The molecule has 8 N–H and O–H groups in total. The van der Waals surface area contributed by atoms with E-state index in [1.165, 1.54) is 12.5 Å². The van der Waals surface area contributed by atoms with E-state index in [-0.39, 0.29) is 18.1 Å². The fourth-order valence-electron chi connectivity index (χ4n) is 3.15. The third-order valence-corrected chi connectivity index (χ3v) is 5.19. The zero-order valence-corrected chi connectivity index (χ0v) is 18.1. The molecule has 1 aromatic rings. The molecule has 0 aliphatic carbocycles. The van der Waals surface area contributed by atoms with Crippen molar-refractivity contribution in [3.63, 3.8) is 0 Å². The number of nitrogens with one attached hydrogen (secondary N) is 5. The van der Waals surface area contributed by atoms with E-state index < -0.39 is 54.3 Å². The monoisotopic (exact) mass is 469 g/mol. The van der Waals surface area contributed by atoms with Gasteiger partial charge in [-0.15, -0.1) is 0 Å². The number of nitrogens with zero attached hydrogens (tertiary/aromatic N) is 1. The summed E-state index contributed by atoms with van der Waals surface area (Å²) in [6, 6.07) is -4.21. The molecule has 4 unspecified atom stereocenters. The number of carbonyl (C=O) groups excluding carboxylic acids is 4. The summed E-state index contributed by atoms with van der Waals surface area (Å²) in [6.45, 7) is 0.707. The Bertz CT molecular complexity index is 828. The van der Waals surface area contributed by atoms with Crippen LogP contribution < -0.4 is 27.0 Å². The van der Waals surface area contributed by atoms with E-state index in [0.29, 0.717) is 18.7 Å². The minimum atomic E-state index is -1.56. The number of amides is 4. The number of aromatic nitrogens is 2. The molecule has 1 aliphatic heterocycles. The number of primary amides is 1. The zero-order valence-electron chi connectivity index (χ0n) is 17.2. The van der Waals surface area contributed by atoms with E-state index in [1.54, 1.807) is 0 Å². The van der Waals surface area contributed by atoms with E-state index in [1.807, 2.05) is 0 Å². The molecule has 1 saturated heterocycles. The number of hydrogen-bond donors (Lipinski definition) is 8. The first-order valence-corrected chi connectivity index (χ1v) is 10.6. The Morgan fingerprint density at radius 2 is 1.84 bits per heavy atom. The van der Waals surface area contributed by atoms with Crippen LogP contribution in [0.5, 0.6) is 0 Å². The second-order valence-electron chi connectivity index (χ2n) is 7.30. The van der Waals surface area contributed by atoms with Gasteiger partial charge >= 0.3 is 5.97 Å². The predicted octanol–water partition coefficient (Wildman–Crippen LogP) is -2.95. The number of carbonyl (C=O) groups is 5. The highest BCUT2D eigenvalue weighted by molar-refractivity contribution is 7.80. The third kappa shape index (κ3) is 7.53. The van der Waals surface area contributed by atoms with E-state index >= 15 is 0 Å². The van der Waals surface area contributed by atoms with Crippen LogP contribution >= 0.6 is 12.6 Å². The van der Waals surface area contributed by atoms with Crippen molar-refractivity contribution < 1.29 is 29.1 Å². The number of aliphatic carboxylic acids is 1. The molecule has 1 fully saturated rings. The van der Waals surface area contributed by atoms with Gasteiger partial charge in [0.2, 0.25) is 23.6 Å². The molecule has 0 saturated carbocycles. The molecule has 2 heterocycles. The number of carboxylic acids is 1. The predicted molar refractivity (Wildman–Crippen MR) is 114 cm³/mol. The average molecular weight is 470 g/mol. The van der Waals surface area contributed by atoms with Crippen molar-refractivity contribution in [3.8, 4) is 0 Å². The number of H-pyrrole nitrogens is 1. The van der Waals surface area contributed by atoms with Crippen molar-refractivity contribution in [2.24, 2.45) is 5.73 Å². The summed E-state index contributed by atoms with van der Waals surface area (Å²) in [5, 5.41) is 19.6. The maximum Gasteiger partial charge on any atom is 0.326 e. The van der Waals surface area contributed by atoms with Crippen molar-refractivity contribution in [1.29, 1.82) is 0 Å². The van der Waals surface area contributed by atoms with Crippen LogP contribution in [0.15, 0.2) is 12.5 Å². The van der Waals surface area contributed by atoms with Crippen LogP contribution in [0.25, 0.3) is 0 Å². The molecule has 4 atom stereocenters. The fourth-order valence-corrected chi connectivity index (χ4v) is 3.40. The third-order valence-electron chi connectivity index (χ3n) is 4.82. The number of rotatable bonds is 12. The summed E-state index contributed by atoms with van der Waals surface area (Å²) >= 11 is 4.11. The van der Waals surface area contributed by atoms with Gasteiger partial charge in [0.15, 0.2) is 0 Å². The first-order chi connectivity index (χ1) is 15.2. The van der Waals surface area contributed by atoms with Gasteiger partial charge in [-0.1, -0.05) is 0 Å². The van der Waals surface area contributed by atoms with Crippen molar-refractivity contribution in [2.75, 3.05) is 12.3 Å². The van der Waals surface area contributed by atoms with Crippen LogP contribution in [0.3, 0.4) is 0 Å². The van der Waals surface area contributed by atoms with Crippen LogP contribution in [0, 0.1) is 0 Å². The second-order valence-corrected chi connectivity index (χ2v) is 7.67. The summed E-state index contributed by atoms with van der Waals surface area (Å²) in [5.41, 5.74) is 5.53. The molecule has 32 heavy (non-hydrogen) atoms. The van der Waals surface area contributed by atoms with E-state index in [4.69, 9.17) is 5.73 Å². The maximum atomic E-state index is 12.8. The number of hydrogen-bond acceptors (Lipinski definition) is 8. The number of imidazole rings is 1. The van der Waals surface area contributed by atoms with Gasteiger partial charge in [-0.3, -0.25) is 19.2 Å². The van der Waals surface area contributed by atoms with E-state index in [2.05, 4.69) is 43.9 Å². The molecule has 0 spiro atoms. The van der Waals surface area contributed by atoms with Crippen molar-refractivity contribution >= 4 is 42.2 Å². The van der Waals surface area contributed by atoms with Gasteiger partial charge in [0.25, 0.3) is 0 Å². The lowest BCUT2D eigenvalue weighted by atomic mass is 10.1. The molecular formula is C18H27N7O6S. The minimum Gasteiger partial charge on any atom is -0.480 e. The van der Waals surface area contributed by atoms with E-state index in [9.17, 15) is 29.1 Å². The number of thiol groups is 1. The highest BCUT2D eigenvalue weighted by Gasteiger charge is 2.31. The molecule has 0 bridgehead atoms. The lowest BCUT2D eigenvalue weighted by molar-refractivity contribution is -0.143. The van der Waals surface area contributed by atoms with Gasteiger partial charge in [-0.2, -0.15) is 12.6 Å². The molecule has 4 amide bonds. The van der Waals surface area contributed by atoms with Crippen LogP contribution in [0.2, 0.25) is 0 Å². The fraction of sp³-hybridized carbons (Fsp3) is 0.556. The van der Waals surface area contributed by atoms with Gasteiger partial charge in [0.05, 0.1) is 18.8 Å². The van der Waals surface area contributed by atoms with Crippen LogP contribution in [-0.4, -0.2) is 81.1 Å². The maximum absolute atomic E-state index is 12.8. The highest BCUT2D eigenvalue weighted by Crippen LogP contribution is 2.06.